The molecule has 86 valence electrons. The number of anilines is 1. The topological polar surface area (TPSA) is 30.9 Å². The summed E-state index contributed by atoms with van der Waals surface area (Å²) in [6.45, 7) is 5.35. The average molecular weight is 234 g/mol. The first-order valence-corrected chi connectivity index (χ1v) is 6.87. The van der Waals surface area contributed by atoms with Crippen molar-refractivity contribution in [2.24, 2.45) is 0 Å². The maximum absolute atomic E-state index is 6.07. The quantitative estimate of drug-likeness (QED) is 0.821. The highest BCUT2D eigenvalue weighted by Crippen LogP contribution is 2.29. The third-order valence-corrected chi connectivity index (χ3v) is 3.74. The summed E-state index contributed by atoms with van der Waals surface area (Å²) >= 11 is 1.94. The van der Waals surface area contributed by atoms with Crippen molar-refractivity contribution in [3.63, 3.8) is 0 Å². The van der Waals surface area contributed by atoms with Crippen LogP contribution in [0.4, 0.5) is 5.69 Å². The van der Waals surface area contributed by atoms with E-state index < -0.39 is 0 Å². The van der Waals surface area contributed by atoms with Gasteiger partial charge >= 0.3 is 0 Å². The summed E-state index contributed by atoms with van der Waals surface area (Å²) in [7, 11) is 0. The van der Waals surface area contributed by atoms with E-state index in [1.165, 1.54) is 16.5 Å². The number of hydrogen-bond donors (Lipinski definition) is 1. The number of aryl methyl sites for hydroxylation is 1. The van der Waals surface area contributed by atoms with E-state index in [9.17, 15) is 0 Å². The van der Waals surface area contributed by atoms with Gasteiger partial charge in [0.05, 0.1) is 5.52 Å². The molecule has 0 amide bonds. The molecule has 0 aliphatic carbocycles. The molecule has 2 nitrogen and oxygen atoms in total. The van der Waals surface area contributed by atoms with E-state index in [-0.39, 0.29) is 0 Å². The van der Waals surface area contributed by atoms with Gasteiger partial charge in [0, 0.05) is 29.6 Å². The Bertz CT molecular complexity index is 488. The van der Waals surface area contributed by atoms with Crippen molar-refractivity contribution in [2.45, 2.75) is 26.1 Å². The molecule has 0 radical (unpaired) electrons. The molecule has 0 aliphatic heterocycles. The van der Waals surface area contributed by atoms with Gasteiger partial charge in [-0.05, 0) is 30.4 Å². The van der Waals surface area contributed by atoms with Crippen molar-refractivity contribution in [3.8, 4) is 0 Å². The minimum absolute atomic E-state index is 0.899. The number of thioether (sulfide) groups is 1. The molecule has 1 aromatic heterocycles. The van der Waals surface area contributed by atoms with Gasteiger partial charge in [0.1, 0.15) is 0 Å². The smallest absolute Gasteiger partial charge is 0.0504 e. The van der Waals surface area contributed by atoms with Gasteiger partial charge in [-0.25, -0.2) is 0 Å². The second kappa shape index (κ2) is 4.83. The van der Waals surface area contributed by atoms with E-state index in [2.05, 4.69) is 30.7 Å². The summed E-state index contributed by atoms with van der Waals surface area (Å²) in [5.41, 5.74) is 9.59. The number of hydrogen-bond acceptors (Lipinski definition) is 2. The lowest BCUT2D eigenvalue weighted by Gasteiger charge is -2.01. The number of nitrogen functional groups attached to an aromatic ring is 1. The van der Waals surface area contributed by atoms with Crippen LogP contribution in [-0.2, 0) is 12.3 Å². The Labute approximate surface area is 101 Å². The highest BCUT2D eigenvalue weighted by atomic mass is 32.2. The fourth-order valence-electron chi connectivity index (χ4n) is 2.05. The highest BCUT2D eigenvalue weighted by molar-refractivity contribution is 7.98. The Morgan fingerprint density at radius 3 is 2.81 bits per heavy atom. The molecule has 0 spiro atoms. The van der Waals surface area contributed by atoms with Crippen molar-refractivity contribution in [1.29, 1.82) is 0 Å². The molecule has 1 aromatic carbocycles. The van der Waals surface area contributed by atoms with Gasteiger partial charge in [-0.2, -0.15) is 11.8 Å². The van der Waals surface area contributed by atoms with Gasteiger partial charge in [-0.15, -0.1) is 0 Å². The lowest BCUT2D eigenvalue weighted by Crippen LogP contribution is -1.91. The zero-order valence-electron chi connectivity index (χ0n) is 9.86. The van der Waals surface area contributed by atoms with E-state index in [0.717, 1.165) is 23.7 Å². The van der Waals surface area contributed by atoms with Crippen LogP contribution in [0.5, 0.6) is 0 Å². The molecule has 2 aromatic rings. The molecular weight excluding hydrogens is 216 g/mol. The third-order valence-electron chi connectivity index (χ3n) is 2.82. The Kier molecular flexibility index (Phi) is 3.44. The number of fused-ring (bicyclic) bond motifs is 1. The lowest BCUT2D eigenvalue weighted by atomic mass is 10.1. The summed E-state index contributed by atoms with van der Waals surface area (Å²) in [4.78, 5) is 0. The normalized spacial score (nSPS) is 11.1. The van der Waals surface area contributed by atoms with Crippen LogP contribution < -0.4 is 5.73 Å². The van der Waals surface area contributed by atoms with E-state index in [1.54, 1.807) is 0 Å². The van der Waals surface area contributed by atoms with E-state index in [1.807, 2.05) is 23.9 Å². The summed E-state index contributed by atoms with van der Waals surface area (Å²) < 4.78 is 2.28. The van der Waals surface area contributed by atoms with Crippen LogP contribution in [0.25, 0.3) is 10.9 Å². The first-order valence-electron chi connectivity index (χ1n) is 5.71. The molecule has 0 saturated carbocycles. The highest BCUT2D eigenvalue weighted by Gasteiger charge is 2.09. The van der Waals surface area contributed by atoms with Gasteiger partial charge < -0.3 is 10.3 Å². The molecule has 2 N–H and O–H groups in total. The van der Waals surface area contributed by atoms with Crippen LogP contribution in [0.3, 0.4) is 0 Å². The molecule has 0 fully saturated rings. The van der Waals surface area contributed by atoms with Crippen LogP contribution in [0.1, 0.15) is 19.4 Å². The van der Waals surface area contributed by atoms with E-state index in [4.69, 9.17) is 5.73 Å². The Morgan fingerprint density at radius 1 is 1.31 bits per heavy atom. The summed E-state index contributed by atoms with van der Waals surface area (Å²) in [6.07, 6.45) is 2.24. The molecule has 3 heteroatoms. The Morgan fingerprint density at radius 2 is 2.12 bits per heavy atom. The summed E-state index contributed by atoms with van der Waals surface area (Å²) in [5.74, 6) is 2.19. The van der Waals surface area contributed by atoms with Gasteiger partial charge in [-0.1, -0.05) is 13.0 Å². The van der Waals surface area contributed by atoms with Gasteiger partial charge in [0.2, 0.25) is 0 Å². The molecule has 1 heterocycles. The van der Waals surface area contributed by atoms with Crippen molar-refractivity contribution < 1.29 is 0 Å². The standard InChI is InChI=1S/C13H18N2S/c1-3-15-8-10(9-16-4-2)13-11(14)6-5-7-12(13)15/h5-8H,3-4,9,14H2,1-2H3. The molecule has 16 heavy (non-hydrogen) atoms. The van der Waals surface area contributed by atoms with Crippen molar-refractivity contribution >= 4 is 28.4 Å². The zero-order chi connectivity index (χ0) is 11.5. The number of aromatic nitrogens is 1. The minimum atomic E-state index is 0.899. The second-order valence-electron chi connectivity index (χ2n) is 3.82. The van der Waals surface area contributed by atoms with E-state index >= 15 is 0 Å². The Hall–Kier alpha value is -1.09. The largest absolute Gasteiger partial charge is 0.398 e. The first kappa shape index (κ1) is 11.4. The minimum Gasteiger partial charge on any atom is -0.398 e. The molecule has 0 aliphatic rings. The molecule has 0 unspecified atom stereocenters. The van der Waals surface area contributed by atoms with Gasteiger partial charge in [-0.3, -0.25) is 0 Å². The summed E-state index contributed by atoms with van der Waals surface area (Å²) in [5, 5.41) is 1.24. The first-order chi connectivity index (χ1) is 7.77. The monoisotopic (exact) mass is 234 g/mol. The second-order valence-corrected chi connectivity index (χ2v) is 5.09. The van der Waals surface area contributed by atoms with Crippen molar-refractivity contribution in [3.05, 3.63) is 30.0 Å². The SMILES string of the molecule is CCSCc1cn(CC)c2cccc(N)c12. The van der Waals surface area contributed by atoms with Crippen molar-refractivity contribution in [2.75, 3.05) is 11.5 Å². The average Bonchev–Trinajstić information content (AvgIpc) is 2.66. The fraction of sp³-hybridized carbons (Fsp3) is 0.385. The number of nitrogens with two attached hydrogens (primary N) is 1. The van der Waals surface area contributed by atoms with Gasteiger partial charge in [0.25, 0.3) is 0 Å². The molecule has 0 bridgehead atoms. The van der Waals surface area contributed by atoms with Crippen LogP contribution in [-0.4, -0.2) is 10.3 Å². The number of benzene rings is 1. The van der Waals surface area contributed by atoms with Crippen LogP contribution >= 0.6 is 11.8 Å². The molecular formula is C13H18N2S. The predicted octanol–water partition coefficient (Wildman–Crippen LogP) is 3.50. The third kappa shape index (κ3) is 1.92. The zero-order valence-corrected chi connectivity index (χ0v) is 10.7. The lowest BCUT2D eigenvalue weighted by molar-refractivity contribution is 0.795. The maximum Gasteiger partial charge on any atom is 0.0504 e. The van der Waals surface area contributed by atoms with Gasteiger partial charge in [0.15, 0.2) is 0 Å². The maximum atomic E-state index is 6.07. The Balaban J connectivity index is 2.55. The summed E-state index contributed by atoms with van der Waals surface area (Å²) in [6, 6.07) is 6.17. The van der Waals surface area contributed by atoms with Crippen LogP contribution in [0.2, 0.25) is 0 Å². The van der Waals surface area contributed by atoms with Crippen LogP contribution in [0, 0.1) is 0 Å². The van der Waals surface area contributed by atoms with Crippen molar-refractivity contribution in [1.82, 2.24) is 4.57 Å². The molecule has 2 rings (SSSR count). The number of rotatable bonds is 4. The number of nitrogens with zero attached hydrogens (tertiary/aromatic N) is 1. The fourth-order valence-corrected chi connectivity index (χ4v) is 2.69. The van der Waals surface area contributed by atoms with E-state index in [0.29, 0.717) is 0 Å². The molecule has 0 saturated heterocycles. The molecule has 0 atom stereocenters. The van der Waals surface area contributed by atoms with Crippen LogP contribution in [0.15, 0.2) is 24.4 Å². The predicted molar refractivity (Wildman–Crippen MR) is 73.9 cm³/mol.